The first-order chi connectivity index (χ1) is 8.85. The molecule has 0 amide bonds. The third-order valence-corrected chi connectivity index (χ3v) is 3.13. The summed E-state index contributed by atoms with van der Waals surface area (Å²) in [5.74, 6) is 0.724. The summed E-state index contributed by atoms with van der Waals surface area (Å²) in [5.41, 5.74) is 2.13. The molecule has 18 heavy (non-hydrogen) atoms. The standard InChI is InChI=1S/C13H14N4O/c14-8-10-1-2-12-11(7-10)16-13(18-12)9-17-5-3-15-4-6-17/h1-2,7,15H,3-6,9H2. The number of benzene rings is 1. The zero-order chi connectivity index (χ0) is 12.4. The van der Waals surface area contributed by atoms with Gasteiger partial charge in [-0.25, -0.2) is 4.98 Å². The molecular formula is C13H14N4O. The molecule has 1 saturated heterocycles. The second-order valence-electron chi connectivity index (χ2n) is 4.43. The van der Waals surface area contributed by atoms with Crippen LogP contribution in [0.3, 0.4) is 0 Å². The molecule has 2 heterocycles. The van der Waals surface area contributed by atoms with Crippen LogP contribution in [0.25, 0.3) is 11.1 Å². The summed E-state index contributed by atoms with van der Waals surface area (Å²) in [7, 11) is 0. The van der Waals surface area contributed by atoms with Gasteiger partial charge in [0, 0.05) is 26.2 Å². The van der Waals surface area contributed by atoms with Gasteiger partial charge in [0.25, 0.3) is 0 Å². The molecule has 1 aromatic carbocycles. The van der Waals surface area contributed by atoms with E-state index in [9.17, 15) is 0 Å². The molecule has 0 aliphatic carbocycles. The van der Waals surface area contributed by atoms with Gasteiger partial charge >= 0.3 is 0 Å². The minimum absolute atomic E-state index is 0.615. The summed E-state index contributed by atoms with van der Waals surface area (Å²) < 4.78 is 5.69. The van der Waals surface area contributed by atoms with E-state index < -0.39 is 0 Å². The summed E-state index contributed by atoms with van der Waals surface area (Å²) in [6.07, 6.45) is 0. The fourth-order valence-electron chi connectivity index (χ4n) is 2.17. The van der Waals surface area contributed by atoms with Crippen LogP contribution in [-0.4, -0.2) is 36.1 Å². The molecule has 0 bridgehead atoms. The number of oxazole rings is 1. The number of aromatic nitrogens is 1. The maximum Gasteiger partial charge on any atom is 0.209 e. The lowest BCUT2D eigenvalue weighted by molar-refractivity contribution is 0.214. The van der Waals surface area contributed by atoms with E-state index in [2.05, 4.69) is 21.3 Å². The Morgan fingerprint density at radius 2 is 2.22 bits per heavy atom. The highest BCUT2D eigenvalue weighted by Crippen LogP contribution is 2.18. The summed E-state index contributed by atoms with van der Waals surface area (Å²) in [5, 5.41) is 12.2. The largest absolute Gasteiger partial charge is 0.439 e. The maximum absolute atomic E-state index is 8.84. The van der Waals surface area contributed by atoms with Crippen LogP contribution in [0.1, 0.15) is 11.5 Å². The van der Waals surface area contributed by atoms with E-state index in [0.717, 1.165) is 49.7 Å². The van der Waals surface area contributed by atoms with E-state index in [1.165, 1.54) is 0 Å². The fraction of sp³-hybridized carbons (Fsp3) is 0.385. The molecule has 2 aromatic rings. The number of piperazine rings is 1. The lowest BCUT2D eigenvalue weighted by Crippen LogP contribution is -2.42. The molecule has 0 radical (unpaired) electrons. The average molecular weight is 242 g/mol. The van der Waals surface area contributed by atoms with Crippen LogP contribution in [0.15, 0.2) is 22.6 Å². The highest BCUT2D eigenvalue weighted by molar-refractivity contribution is 5.74. The number of nitrogens with one attached hydrogen (secondary N) is 1. The van der Waals surface area contributed by atoms with Gasteiger partial charge in [-0.05, 0) is 18.2 Å². The molecule has 92 valence electrons. The van der Waals surface area contributed by atoms with Gasteiger partial charge in [-0.15, -0.1) is 0 Å². The molecule has 0 atom stereocenters. The Morgan fingerprint density at radius 3 is 3.00 bits per heavy atom. The Bertz CT molecular complexity index is 593. The van der Waals surface area contributed by atoms with Crippen molar-refractivity contribution in [2.24, 2.45) is 0 Å². The number of nitriles is 1. The van der Waals surface area contributed by atoms with Crippen LogP contribution >= 0.6 is 0 Å². The molecule has 1 N–H and O–H groups in total. The van der Waals surface area contributed by atoms with Crippen molar-refractivity contribution in [1.82, 2.24) is 15.2 Å². The lowest BCUT2D eigenvalue weighted by Gasteiger charge is -2.25. The van der Waals surface area contributed by atoms with Gasteiger partial charge in [-0.3, -0.25) is 4.90 Å². The van der Waals surface area contributed by atoms with E-state index >= 15 is 0 Å². The van der Waals surface area contributed by atoms with Crippen LogP contribution in [0.4, 0.5) is 0 Å². The molecule has 1 fully saturated rings. The molecule has 5 nitrogen and oxygen atoms in total. The quantitative estimate of drug-likeness (QED) is 0.854. The van der Waals surface area contributed by atoms with Crippen molar-refractivity contribution in [3.8, 4) is 6.07 Å². The first-order valence-corrected chi connectivity index (χ1v) is 6.08. The molecule has 1 aliphatic heterocycles. The smallest absolute Gasteiger partial charge is 0.209 e. The summed E-state index contributed by atoms with van der Waals surface area (Å²) in [6.45, 7) is 4.79. The van der Waals surface area contributed by atoms with E-state index in [4.69, 9.17) is 9.68 Å². The highest BCUT2D eigenvalue weighted by Gasteiger charge is 2.13. The van der Waals surface area contributed by atoms with Gasteiger partial charge in [0.05, 0.1) is 18.2 Å². The minimum atomic E-state index is 0.615. The minimum Gasteiger partial charge on any atom is -0.439 e. The Hall–Kier alpha value is -1.90. The van der Waals surface area contributed by atoms with Gasteiger partial charge < -0.3 is 9.73 Å². The summed E-state index contributed by atoms with van der Waals surface area (Å²) >= 11 is 0. The van der Waals surface area contributed by atoms with Crippen molar-refractivity contribution in [2.75, 3.05) is 26.2 Å². The second kappa shape index (κ2) is 4.77. The number of hydrogen-bond acceptors (Lipinski definition) is 5. The predicted molar refractivity (Wildman–Crippen MR) is 66.9 cm³/mol. The van der Waals surface area contributed by atoms with E-state index in [1.54, 1.807) is 12.1 Å². The van der Waals surface area contributed by atoms with Crippen LogP contribution in [-0.2, 0) is 6.54 Å². The van der Waals surface area contributed by atoms with Crippen molar-refractivity contribution in [3.05, 3.63) is 29.7 Å². The topological polar surface area (TPSA) is 65.1 Å². The number of nitrogens with zero attached hydrogens (tertiary/aromatic N) is 3. The molecule has 0 spiro atoms. The van der Waals surface area contributed by atoms with E-state index in [0.29, 0.717) is 5.56 Å². The fourth-order valence-corrected chi connectivity index (χ4v) is 2.17. The van der Waals surface area contributed by atoms with Crippen LogP contribution < -0.4 is 5.32 Å². The molecule has 3 rings (SSSR count). The molecule has 1 aliphatic rings. The predicted octanol–water partition coefficient (Wildman–Crippen LogP) is 1.10. The van der Waals surface area contributed by atoms with Crippen molar-refractivity contribution < 1.29 is 4.42 Å². The van der Waals surface area contributed by atoms with Crippen molar-refractivity contribution in [3.63, 3.8) is 0 Å². The number of rotatable bonds is 2. The van der Waals surface area contributed by atoms with Gasteiger partial charge in [0.1, 0.15) is 5.52 Å². The van der Waals surface area contributed by atoms with Gasteiger partial charge in [0.15, 0.2) is 5.58 Å². The maximum atomic E-state index is 8.84. The van der Waals surface area contributed by atoms with E-state index in [1.807, 2.05) is 6.07 Å². The molecule has 0 saturated carbocycles. The van der Waals surface area contributed by atoms with Crippen molar-refractivity contribution >= 4 is 11.1 Å². The molecule has 0 unspecified atom stereocenters. The number of fused-ring (bicyclic) bond motifs is 1. The van der Waals surface area contributed by atoms with Gasteiger partial charge in [-0.2, -0.15) is 5.26 Å². The van der Waals surface area contributed by atoms with E-state index in [-0.39, 0.29) is 0 Å². The summed E-state index contributed by atoms with van der Waals surface area (Å²) in [6, 6.07) is 7.43. The normalized spacial score (nSPS) is 16.8. The SMILES string of the molecule is N#Cc1ccc2oc(CN3CCNCC3)nc2c1. The van der Waals surface area contributed by atoms with Crippen LogP contribution in [0, 0.1) is 11.3 Å². The zero-order valence-corrected chi connectivity index (χ0v) is 10.0. The zero-order valence-electron chi connectivity index (χ0n) is 10.0. The third-order valence-electron chi connectivity index (χ3n) is 3.13. The van der Waals surface area contributed by atoms with Gasteiger partial charge in [-0.1, -0.05) is 0 Å². The second-order valence-corrected chi connectivity index (χ2v) is 4.43. The van der Waals surface area contributed by atoms with Crippen LogP contribution in [0.2, 0.25) is 0 Å². The number of hydrogen-bond donors (Lipinski definition) is 1. The molecular weight excluding hydrogens is 228 g/mol. The monoisotopic (exact) mass is 242 g/mol. The lowest BCUT2D eigenvalue weighted by atomic mass is 10.2. The highest BCUT2D eigenvalue weighted by atomic mass is 16.3. The van der Waals surface area contributed by atoms with Crippen LogP contribution in [0.5, 0.6) is 0 Å². The molecule has 1 aromatic heterocycles. The third kappa shape index (κ3) is 2.21. The summed E-state index contributed by atoms with van der Waals surface area (Å²) in [4.78, 5) is 6.75. The first-order valence-electron chi connectivity index (χ1n) is 6.08. The Labute approximate surface area is 105 Å². The van der Waals surface area contributed by atoms with Gasteiger partial charge in [0.2, 0.25) is 5.89 Å². The molecule has 5 heteroatoms. The Morgan fingerprint density at radius 1 is 1.39 bits per heavy atom. The van der Waals surface area contributed by atoms with Crippen molar-refractivity contribution in [1.29, 1.82) is 5.26 Å². The first kappa shape index (κ1) is 11.2. The van der Waals surface area contributed by atoms with Crippen molar-refractivity contribution in [2.45, 2.75) is 6.54 Å². The average Bonchev–Trinajstić information content (AvgIpc) is 2.80. The Kier molecular flexibility index (Phi) is 2.97. The Balaban J connectivity index is 1.82.